The van der Waals surface area contributed by atoms with Crippen LogP contribution in [0.15, 0.2) is 42.5 Å². The van der Waals surface area contributed by atoms with Crippen LogP contribution in [-0.2, 0) is 6.42 Å². The number of hydrogen-bond acceptors (Lipinski definition) is 1. The number of halogens is 3. The molecule has 0 spiro atoms. The van der Waals surface area contributed by atoms with Gasteiger partial charge in [-0.25, -0.2) is 8.78 Å². The SMILES string of the molecule is CCNC(Cc1ccc(Cl)c(F)c1)c1ccc(F)cc1. The molecular weight excluding hydrogens is 280 g/mol. The van der Waals surface area contributed by atoms with Crippen LogP contribution in [0, 0.1) is 11.6 Å². The van der Waals surface area contributed by atoms with Crippen molar-refractivity contribution in [1.29, 1.82) is 0 Å². The van der Waals surface area contributed by atoms with Crippen molar-refractivity contribution < 1.29 is 8.78 Å². The van der Waals surface area contributed by atoms with Crippen molar-refractivity contribution in [1.82, 2.24) is 5.32 Å². The lowest BCUT2D eigenvalue weighted by molar-refractivity contribution is 0.544. The fraction of sp³-hybridized carbons (Fsp3) is 0.250. The highest BCUT2D eigenvalue weighted by atomic mass is 35.5. The Labute approximate surface area is 122 Å². The molecule has 2 aromatic rings. The molecule has 1 nitrogen and oxygen atoms in total. The van der Waals surface area contributed by atoms with E-state index in [4.69, 9.17) is 11.6 Å². The predicted octanol–water partition coefficient (Wildman–Crippen LogP) is 4.51. The van der Waals surface area contributed by atoms with Gasteiger partial charge in [-0.15, -0.1) is 0 Å². The first kappa shape index (κ1) is 14.9. The molecule has 20 heavy (non-hydrogen) atoms. The molecule has 0 radical (unpaired) electrons. The molecule has 106 valence electrons. The van der Waals surface area contributed by atoms with E-state index in [1.54, 1.807) is 24.3 Å². The quantitative estimate of drug-likeness (QED) is 0.855. The number of likely N-dealkylation sites (N-methyl/N-ethyl adjacent to an activating group) is 1. The molecular formula is C16H16ClF2N. The van der Waals surface area contributed by atoms with Gasteiger partial charge in [0.05, 0.1) is 5.02 Å². The molecule has 0 saturated carbocycles. The molecule has 0 bridgehead atoms. The van der Waals surface area contributed by atoms with E-state index in [-0.39, 0.29) is 16.9 Å². The lowest BCUT2D eigenvalue weighted by Gasteiger charge is -2.18. The van der Waals surface area contributed by atoms with Crippen LogP contribution in [0.2, 0.25) is 5.02 Å². The molecule has 0 aromatic heterocycles. The summed E-state index contributed by atoms with van der Waals surface area (Å²) in [5, 5.41) is 3.44. The molecule has 2 rings (SSSR count). The van der Waals surface area contributed by atoms with Gasteiger partial charge in [0, 0.05) is 6.04 Å². The number of hydrogen-bond donors (Lipinski definition) is 1. The van der Waals surface area contributed by atoms with E-state index in [0.717, 1.165) is 17.7 Å². The fourth-order valence-electron chi connectivity index (χ4n) is 2.15. The van der Waals surface area contributed by atoms with Gasteiger partial charge < -0.3 is 5.32 Å². The molecule has 0 heterocycles. The van der Waals surface area contributed by atoms with Crippen molar-refractivity contribution in [2.75, 3.05) is 6.54 Å². The summed E-state index contributed by atoms with van der Waals surface area (Å²) in [7, 11) is 0. The second-order valence-corrected chi connectivity index (χ2v) is 5.02. The molecule has 0 aliphatic heterocycles. The van der Waals surface area contributed by atoms with Gasteiger partial charge in [0.2, 0.25) is 0 Å². The van der Waals surface area contributed by atoms with E-state index in [2.05, 4.69) is 5.32 Å². The average Bonchev–Trinajstić information content (AvgIpc) is 2.43. The smallest absolute Gasteiger partial charge is 0.142 e. The largest absolute Gasteiger partial charge is 0.310 e. The van der Waals surface area contributed by atoms with Gasteiger partial charge in [-0.2, -0.15) is 0 Å². The summed E-state index contributed by atoms with van der Waals surface area (Å²) in [6.07, 6.45) is 0.619. The van der Waals surface area contributed by atoms with Crippen molar-refractivity contribution >= 4 is 11.6 Å². The first-order valence-corrected chi connectivity index (χ1v) is 6.90. The van der Waals surface area contributed by atoms with Gasteiger partial charge in [0.1, 0.15) is 11.6 Å². The second-order valence-electron chi connectivity index (χ2n) is 4.61. The highest BCUT2D eigenvalue weighted by molar-refractivity contribution is 6.30. The third-order valence-corrected chi connectivity index (χ3v) is 3.45. The minimum atomic E-state index is -0.418. The van der Waals surface area contributed by atoms with Crippen LogP contribution >= 0.6 is 11.6 Å². The first-order chi connectivity index (χ1) is 9.60. The van der Waals surface area contributed by atoms with Crippen LogP contribution in [-0.4, -0.2) is 6.54 Å². The van der Waals surface area contributed by atoms with Crippen LogP contribution in [0.5, 0.6) is 0 Å². The van der Waals surface area contributed by atoms with E-state index in [9.17, 15) is 8.78 Å². The van der Waals surface area contributed by atoms with Crippen LogP contribution < -0.4 is 5.32 Å². The van der Waals surface area contributed by atoms with Crippen molar-refractivity contribution in [2.45, 2.75) is 19.4 Å². The van der Waals surface area contributed by atoms with Gasteiger partial charge in [-0.3, -0.25) is 0 Å². The highest BCUT2D eigenvalue weighted by Crippen LogP contribution is 2.22. The summed E-state index contributed by atoms with van der Waals surface area (Å²) in [5.41, 5.74) is 1.82. The Kier molecular flexibility index (Phi) is 5.10. The normalized spacial score (nSPS) is 12.4. The van der Waals surface area contributed by atoms with Gasteiger partial charge >= 0.3 is 0 Å². The lowest BCUT2D eigenvalue weighted by Crippen LogP contribution is -2.23. The van der Waals surface area contributed by atoms with Crippen LogP contribution in [0.4, 0.5) is 8.78 Å². The Morgan fingerprint density at radius 1 is 1.10 bits per heavy atom. The Balaban J connectivity index is 2.20. The molecule has 2 aromatic carbocycles. The Bertz CT molecular complexity index is 569. The molecule has 0 fully saturated rings. The summed E-state index contributed by atoms with van der Waals surface area (Å²) in [6, 6.07) is 11.2. The minimum Gasteiger partial charge on any atom is -0.310 e. The van der Waals surface area contributed by atoms with E-state index < -0.39 is 5.82 Å². The zero-order chi connectivity index (χ0) is 14.5. The maximum absolute atomic E-state index is 13.5. The lowest BCUT2D eigenvalue weighted by atomic mass is 9.98. The first-order valence-electron chi connectivity index (χ1n) is 6.53. The highest BCUT2D eigenvalue weighted by Gasteiger charge is 2.12. The zero-order valence-corrected chi connectivity index (χ0v) is 11.9. The molecule has 0 aliphatic carbocycles. The summed E-state index contributed by atoms with van der Waals surface area (Å²) < 4.78 is 26.4. The Morgan fingerprint density at radius 2 is 1.80 bits per heavy atom. The Hall–Kier alpha value is -1.45. The van der Waals surface area contributed by atoms with Gasteiger partial charge in [-0.05, 0) is 48.4 Å². The summed E-state index contributed by atoms with van der Waals surface area (Å²) >= 11 is 5.68. The van der Waals surface area contributed by atoms with Crippen molar-refractivity contribution in [2.24, 2.45) is 0 Å². The number of rotatable bonds is 5. The molecule has 0 saturated heterocycles. The summed E-state index contributed by atoms with van der Waals surface area (Å²) in [4.78, 5) is 0. The van der Waals surface area contributed by atoms with Crippen molar-refractivity contribution in [3.05, 3.63) is 70.2 Å². The van der Waals surface area contributed by atoms with E-state index in [1.807, 2.05) is 6.92 Å². The maximum Gasteiger partial charge on any atom is 0.142 e. The Morgan fingerprint density at radius 3 is 2.40 bits per heavy atom. The number of benzene rings is 2. The second kappa shape index (κ2) is 6.82. The third kappa shape index (κ3) is 3.78. The number of nitrogens with one attached hydrogen (secondary N) is 1. The van der Waals surface area contributed by atoms with Crippen molar-refractivity contribution in [3.63, 3.8) is 0 Å². The summed E-state index contributed by atoms with van der Waals surface area (Å²) in [5.74, 6) is -0.681. The van der Waals surface area contributed by atoms with E-state index in [0.29, 0.717) is 6.42 Å². The van der Waals surface area contributed by atoms with Crippen LogP contribution in [0.3, 0.4) is 0 Å². The monoisotopic (exact) mass is 295 g/mol. The molecule has 1 N–H and O–H groups in total. The molecule has 4 heteroatoms. The van der Waals surface area contributed by atoms with Crippen LogP contribution in [0.25, 0.3) is 0 Å². The van der Waals surface area contributed by atoms with Crippen molar-refractivity contribution in [3.8, 4) is 0 Å². The molecule has 0 aliphatic rings. The maximum atomic E-state index is 13.5. The van der Waals surface area contributed by atoms with Gasteiger partial charge in [0.15, 0.2) is 0 Å². The average molecular weight is 296 g/mol. The molecule has 1 unspecified atom stereocenters. The summed E-state index contributed by atoms with van der Waals surface area (Å²) in [6.45, 7) is 2.77. The van der Waals surface area contributed by atoms with Gasteiger partial charge in [0.25, 0.3) is 0 Å². The van der Waals surface area contributed by atoms with Gasteiger partial charge in [-0.1, -0.05) is 36.7 Å². The van der Waals surface area contributed by atoms with E-state index in [1.165, 1.54) is 18.2 Å². The van der Waals surface area contributed by atoms with Crippen LogP contribution in [0.1, 0.15) is 24.1 Å². The zero-order valence-electron chi connectivity index (χ0n) is 11.2. The minimum absolute atomic E-state index is 0.0150. The third-order valence-electron chi connectivity index (χ3n) is 3.15. The molecule has 1 atom stereocenters. The topological polar surface area (TPSA) is 12.0 Å². The molecule has 0 amide bonds. The standard InChI is InChI=1S/C16H16ClF2N/c1-2-20-16(12-4-6-13(18)7-5-12)10-11-3-8-14(17)15(19)9-11/h3-9,16,20H,2,10H2,1H3. The van der Waals surface area contributed by atoms with E-state index >= 15 is 0 Å². The fourth-order valence-corrected chi connectivity index (χ4v) is 2.27. The predicted molar refractivity (Wildman–Crippen MR) is 77.9 cm³/mol.